The molecule has 0 aliphatic rings. The lowest BCUT2D eigenvalue weighted by Gasteiger charge is -2.06. The van der Waals surface area contributed by atoms with Crippen LogP contribution in [0.25, 0.3) is 16.7 Å². The van der Waals surface area contributed by atoms with Gasteiger partial charge in [-0.15, -0.1) is 0 Å². The van der Waals surface area contributed by atoms with Crippen LogP contribution in [0.15, 0.2) is 48.8 Å². The number of nitrogens with zero attached hydrogens (tertiary/aromatic N) is 2. The van der Waals surface area contributed by atoms with Gasteiger partial charge in [-0.3, -0.25) is 4.57 Å². The highest BCUT2D eigenvalue weighted by molar-refractivity contribution is 14.1. The van der Waals surface area contributed by atoms with Crippen LogP contribution in [-0.4, -0.2) is 20.6 Å². The predicted octanol–water partition coefficient (Wildman–Crippen LogP) is 3.33. The Morgan fingerprint density at radius 2 is 2.00 bits per heavy atom. The number of hydrogen-bond acceptors (Lipinski definition) is 2. The van der Waals surface area contributed by atoms with Gasteiger partial charge in [0.25, 0.3) is 0 Å². The van der Waals surface area contributed by atoms with Gasteiger partial charge in [0, 0.05) is 9.26 Å². The average Bonchev–Trinajstić information content (AvgIpc) is 2.82. The molecule has 0 saturated heterocycles. The number of para-hydroxylation sites is 1. The lowest BCUT2D eigenvalue weighted by Crippen LogP contribution is -2.01. The Balaban J connectivity index is 2.33. The van der Waals surface area contributed by atoms with Gasteiger partial charge in [-0.2, -0.15) is 0 Å². The first-order valence-corrected chi connectivity index (χ1v) is 6.70. The van der Waals surface area contributed by atoms with Gasteiger partial charge < -0.3 is 5.11 Å². The van der Waals surface area contributed by atoms with Crippen LogP contribution in [-0.2, 0) is 0 Å². The van der Waals surface area contributed by atoms with Gasteiger partial charge >= 0.3 is 5.97 Å². The highest BCUT2D eigenvalue weighted by atomic mass is 127. The van der Waals surface area contributed by atoms with Crippen LogP contribution in [0.2, 0.25) is 0 Å². The Bertz CT molecular complexity index is 780. The van der Waals surface area contributed by atoms with Crippen molar-refractivity contribution in [1.29, 1.82) is 0 Å². The normalized spacial score (nSPS) is 10.8. The van der Waals surface area contributed by atoms with E-state index in [0.29, 0.717) is 11.0 Å². The van der Waals surface area contributed by atoms with E-state index in [2.05, 4.69) is 27.6 Å². The van der Waals surface area contributed by atoms with E-state index in [0.717, 1.165) is 9.26 Å². The first-order chi connectivity index (χ1) is 9.16. The minimum absolute atomic E-state index is 0.258. The van der Waals surface area contributed by atoms with Gasteiger partial charge in [-0.05, 0) is 52.9 Å². The summed E-state index contributed by atoms with van der Waals surface area (Å²) in [5.41, 5.74) is 2.47. The van der Waals surface area contributed by atoms with Crippen LogP contribution < -0.4 is 0 Å². The third kappa shape index (κ3) is 2.10. The first kappa shape index (κ1) is 12.2. The molecule has 2 aromatic carbocycles. The van der Waals surface area contributed by atoms with Crippen LogP contribution in [0.5, 0.6) is 0 Å². The Kier molecular flexibility index (Phi) is 2.98. The minimum atomic E-state index is -0.946. The van der Waals surface area contributed by atoms with Crippen LogP contribution in [0, 0.1) is 3.57 Å². The molecule has 0 bridgehead atoms. The fraction of sp³-hybridized carbons (Fsp3) is 0. The Morgan fingerprint density at radius 3 is 2.74 bits per heavy atom. The lowest BCUT2D eigenvalue weighted by molar-refractivity contribution is 0.0698. The Morgan fingerprint density at radius 1 is 1.21 bits per heavy atom. The summed E-state index contributed by atoms with van der Waals surface area (Å²) in [6.07, 6.45) is 1.66. The highest BCUT2D eigenvalue weighted by Crippen LogP contribution is 2.22. The molecule has 0 atom stereocenters. The number of carboxylic acid groups (broad SMARTS) is 1. The maximum atomic E-state index is 11.3. The molecule has 4 nitrogen and oxygen atoms in total. The molecule has 1 aromatic heterocycles. The number of halogens is 1. The number of imidazole rings is 1. The standard InChI is InChI=1S/C14H9IN2O2/c15-9-3-1-4-10(7-9)17-8-16-12-6-2-5-11(13(12)17)14(18)19/h1-8H,(H,18,19). The van der Waals surface area contributed by atoms with Crippen molar-refractivity contribution >= 4 is 39.6 Å². The van der Waals surface area contributed by atoms with Crippen molar-refractivity contribution in [2.75, 3.05) is 0 Å². The van der Waals surface area contributed by atoms with Crippen molar-refractivity contribution in [2.45, 2.75) is 0 Å². The number of aromatic carboxylic acids is 1. The van der Waals surface area contributed by atoms with E-state index in [4.69, 9.17) is 0 Å². The molecule has 0 saturated carbocycles. The van der Waals surface area contributed by atoms with Gasteiger partial charge in [0.2, 0.25) is 0 Å². The molecule has 3 rings (SSSR count). The molecule has 0 fully saturated rings. The van der Waals surface area contributed by atoms with E-state index in [-0.39, 0.29) is 5.56 Å². The number of hydrogen-bond donors (Lipinski definition) is 1. The van der Waals surface area contributed by atoms with E-state index in [1.807, 2.05) is 30.3 Å². The second kappa shape index (κ2) is 4.65. The number of fused-ring (bicyclic) bond motifs is 1. The smallest absolute Gasteiger partial charge is 0.337 e. The minimum Gasteiger partial charge on any atom is -0.478 e. The molecule has 0 spiro atoms. The second-order valence-electron chi connectivity index (χ2n) is 4.07. The second-order valence-corrected chi connectivity index (χ2v) is 5.32. The Labute approximate surface area is 122 Å². The summed E-state index contributed by atoms with van der Waals surface area (Å²) in [5, 5.41) is 9.28. The maximum Gasteiger partial charge on any atom is 0.337 e. The summed E-state index contributed by atoms with van der Waals surface area (Å²) in [4.78, 5) is 15.6. The summed E-state index contributed by atoms with van der Waals surface area (Å²) in [6.45, 7) is 0. The quantitative estimate of drug-likeness (QED) is 0.710. The molecule has 5 heteroatoms. The summed E-state index contributed by atoms with van der Waals surface area (Å²) >= 11 is 2.23. The van der Waals surface area contributed by atoms with Gasteiger partial charge in [-0.25, -0.2) is 9.78 Å². The van der Waals surface area contributed by atoms with Crippen molar-refractivity contribution in [3.8, 4) is 5.69 Å². The molecule has 94 valence electrons. The van der Waals surface area contributed by atoms with Crippen LogP contribution >= 0.6 is 22.6 Å². The fourth-order valence-corrected chi connectivity index (χ4v) is 2.59. The van der Waals surface area contributed by atoms with Crippen LogP contribution in [0.4, 0.5) is 0 Å². The van der Waals surface area contributed by atoms with Crippen LogP contribution in [0.3, 0.4) is 0 Å². The Hall–Kier alpha value is -1.89. The van der Waals surface area contributed by atoms with Crippen molar-refractivity contribution in [2.24, 2.45) is 0 Å². The molecule has 0 amide bonds. The third-order valence-electron chi connectivity index (χ3n) is 2.88. The lowest BCUT2D eigenvalue weighted by atomic mass is 10.2. The highest BCUT2D eigenvalue weighted by Gasteiger charge is 2.14. The summed E-state index contributed by atoms with van der Waals surface area (Å²) in [7, 11) is 0. The molecule has 1 heterocycles. The molecule has 1 N–H and O–H groups in total. The van der Waals surface area contributed by atoms with Crippen molar-refractivity contribution in [3.63, 3.8) is 0 Å². The first-order valence-electron chi connectivity index (χ1n) is 5.62. The van der Waals surface area contributed by atoms with Gasteiger partial charge in [0.15, 0.2) is 0 Å². The molecule has 0 radical (unpaired) electrons. The number of aromatic nitrogens is 2. The van der Waals surface area contributed by atoms with Crippen LogP contribution in [0.1, 0.15) is 10.4 Å². The maximum absolute atomic E-state index is 11.3. The van der Waals surface area contributed by atoms with Gasteiger partial charge in [0.1, 0.15) is 6.33 Å². The zero-order chi connectivity index (χ0) is 13.4. The number of carboxylic acids is 1. The molecule has 0 aliphatic heterocycles. The number of rotatable bonds is 2. The average molecular weight is 364 g/mol. The van der Waals surface area contributed by atoms with E-state index in [9.17, 15) is 9.90 Å². The summed E-state index contributed by atoms with van der Waals surface area (Å²) in [5.74, 6) is -0.946. The summed E-state index contributed by atoms with van der Waals surface area (Å²) < 4.78 is 2.89. The molecular formula is C14H9IN2O2. The predicted molar refractivity (Wildman–Crippen MR) is 80.7 cm³/mol. The van der Waals surface area contributed by atoms with E-state index in [1.54, 1.807) is 23.0 Å². The molecule has 3 aromatic rings. The van der Waals surface area contributed by atoms with Crippen molar-refractivity contribution in [3.05, 3.63) is 57.9 Å². The van der Waals surface area contributed by atoms with Gasteiger partial charge in [0.05, 0.1) is 16.6 Å². The zero-order valence-corrected chi connectivity index (χ0v) is 11.9. The third-order valence-corrected chi connectivity index (χ3v) is 3.56. The van der Waals surface area contributed by atoms with Crippen molar-refractivity contribution in [1.82, 2.24) is 9.55 Å². The fourth-order valence-electron chi connectivity index (χ4n) is 2.06. The van der Waals surface area contributed by atoms with Gasteiger partial charge in [-0.1, -0.05) is 12.1 Å². The van der Waals surface area contributed by atoms with E-state index in [1.165, 1.54) is 0 Å². The topological polar surface area (TPSA) is 55.1 Å². The molecule has 0 aliphatic carbocycles. The number of benzene rings is 2. The molecule has 19 heavy (non-hydrogen) atoms. The largest absolute Gasteiger partial charge is 0.478 e. The molecular weight excluding hydrogens is 355 g/mol. The van der Waals surface area contributed by atoms with E-state index >= 15 is 0 Å². The van der Waals surface area contributed by atoms with Crippen molar-refractivity contribution < 1.29 is 9.90 Å². The SMILES string of the molecule is O=C(O)c1cccc2ncn(-c3cccc(I)c3)c12. The zero-order valence-electron chi connectivity index (χ0n) is 9.75. The monoisotopic (exact) mass is 364 g/mol. The number of carbonyl (C=O) groups is 1. The van der Waals surface area contributed by atoms with E-state index < -0.39 is 5.97 Å². The molecule has 0 unspecified atom stereocenters. The summed E-state index contributed by atoms with van der Waals surface area (Å²) in [6, 6.07) is 13.0.